The van der Waals surface area contributed by atoms with Crippen molar-refractivity contribution < 1.29 is 0 Å². The molecule has 0 saturated carbocycles. The molecule has 0 radical (unpaired) electrons. The molecule has 2 aromatic heterocycles. The fourth-order valence-electron chi connectivity index (χ4n) is 2.14. The van der Waals surface area contributed by atoms with E-state index >= 15 is 0 Å². The summed E-state index contributed by atoms with van der Waals surface area (Å²) in [6.07, 6.45) is 1.45. The number of aromatic amines is 1. The lowest BCUT2D eigenvalue weighted by Gasteiger charge is -2.05. The summed E-state index contributed by atoms with van der Waals surface area (Å²) in [6.45, 7) is 2.03. The first kappa shape index (κ1) is 15.8. The Bertz CT molecular complexity index is 983. The van der Waals surface area contributed by atoms with Crippen LogP contribution in [0, 0.1) is 0 Å². The van der Waals surface area contributed by atoms with E-state index in [1.165, 1.54) is 18.0 Å². The van der Waals surface area contributed by atoms with E-state index in [1.807, 2.05) is 24.3 Å². The minimum atomic E-state index is -0.467. The SMILES string of the molecule is CCn1c(=O)[nH]c2nc(SCc3ccccc3Cl)ncc2c1=O. The molecule has 0 aliphatic rings. The summed E-state index contributed by atoms with van der Waals surface area (Å²) in [5.74, 6) is 0.599. The number of benzene rings is 1. The van der Waals surface area contributed by atoms with Crippen LogP contribution in [0.1, 0.15) is 12.5 Å². The van der Waals surface area contributed by atoms with Gasteiger partial charge in [0.05, 0.1) is 0 Å². The van der Waals surface area contributed by atoms with Gasteiger partial charge < -0.3 is 0 Å². The number of rotatable bonds is 4. The van der Waals surface area contributed by atoms with Gasteiger partial charge in [-0.05, 0) is 18.6 Å². The second-order valence-corrected chi connectivity index (χ2v) is 6.12. The minimum absolute atomic E-state index is 0.251. The van der Waals surface area contributed by atoms with Crippen molar-refractivity contribution in [2.75, 3.05) is 0 Å². The smallest absolute Gasteiger partial charge is 0.291 e. The molecule has 0 atom stereocenters. The summed E-state index contributed by atoms with van der Waals surface area (Å²) in [5, 5.41) is 1.45. The van der Waals surface area contributed by atoms with Gasteiger partial charge in [0, 0.05) is 23.5 Å². The number of fused-ring (bicyclic) bond motifs is 1. The van der Waals surface area contributed by atoms with Crippen molar-refractivity contribution in [1.82, 2.24) is 19.5 Å². The number of hydrogen-bond donors (Lipinski definition) is 1. The quantitative estimate of drug-likeness (QED) is 0.578. The fourth-order valence-corrected chi connectivity index (χ4v) is 3.24. The second-order valence-electron chi connectivity index (χ2n) is 4.77. The predicted octanol–water partition coefficient (Wildman–Crippen LogP) is 2.45. The molecule has 0 aliphatic heterocycles. The monoisotopic (exact) mass is 348 g/mol. The van der Waals surface area contributed by atoms with Crippen LogP contribution < -0.4 is 11.2 Å². The highest BCUT2D eigenvalue weighted by molar-refractivity contribution is 7.98. The van der Waals surface area contributed by atoms with Gasteiger partial charge in [0.25, 0.3) is 5.56 Å². The molecule has 23 heavy (non-hydrogen) atoms. The third kappa shape index (κ3) is 3.16. The largest absolute Gasteiger partial charge is 0.329 e. The van der Waals surface area contributed by atoms with Crippen LogP contribution in [-0.4, -0.2) is 19.5 Å². The number of aromatic nitrogens is 4. The van der Waals surface area contributed by atoms with Crippen molar-refractivity contribution in [2.45, 2.75) is 24.4 Å². The lowest BCUT2D eigenvalue weighted by molar-refractivity contribution is 0.681. The van der Waals surface area contributed by atoms with Crippen LogP contribution in [0.2, 0.25) is 5.02 Å². The third-order valence-corrected chi connectivity index (χ3v) is 4.62. The molecule has 0 aliphatic carbocycles. The Labute approximate surface area is 140 Å². The summed E-state index contributed by atoms with van der Waals surface area (Å²) in [4.78, 5) is 35.1. The van der Waals surface area contributed by atoms with Crippen molar-refractivity contribution in [3.63, 3.8) is 0 Å². The molecular weight excluding hydrogens is 336 g/mol. The molecule has 0 fully saturated rings. The second kappa shape index (κ2) is 6.55. The first-order chi connectivity index (χ1) is 11.1. The maximum absolute atomic E-state index is 12.2. The minimum Gasteiger partial charge on any atom is -0.291 e. The molecule has 6 nitrogen and oxygen atoms in total. The Morgan fingerprint density at radius 1 is 1.30 bits per heavy atom. The van der Waals surface area contributed by atoms with Gasteiger partial charge in [-0.1, -0.05) is 41.6 Å². The summed E-state index contributed by atoms with van der Waals surface area (Å²) >= 11 is 7.50. The summed E-state index contributed by atoms with van der Waals surface area (Å²) in [6, 6.07) is 7.53. The molecule has 118 valence electrons. The predicted molar refractivity (Wildman–Crippen MR) is 91.1 cm³/mol. The molecular formula is C15H13ClN4O2S. The number of H-pyrrole nitrogens is 1. The van der Waals surface area contributed by atoms with Crippen molar-refractivity contribution >= 4 is 34.4 Å². The number of halogens is 1. The molecule has 0 spiro atoms. The van der Waals surface area contributed by atoms with Gasteiger partial charge in [-0.3, -0.25) is 14.3 Å². The molecule has 8 heteroatoms. The Balaban J connectivity index is 1.93. The van der Waals surface area contributed by atoms with Crippen LogP contribution in [0.3, 0.4) is 0 Å². The van der Waals surface area contributed by atoms with Crippen LogP contribution in [0.15, 0.2) is 45.2 Å². The van der Waals surface area contributed by atoms with Crippen molar-refractivity contribution in [1.29, 1.82) is 0 Å². The Morgan fingerprint density at radius 2 is 2.09 bits per heavy atom. The maximum Gasteiger partial charge on any atom is 0.329 e. The van der Waals surface area contributed by atoms with Gasteiger partial charge in [-0.2, -0.15) is 0 Å². The highest BCUT2D eigenvalue weighted by Crippen LogP contribution is 2.24. The molecule has 1 N–H and O–H groups in total. The average Bonchev–Trinajstić information content (AvgIpc) is 2.54. The van der Waals surface area contributed by atoms with Gasteiger partial charge in [-0.15, -0.1) is 0 Å². The standard InChI is InChI=1S/C15H13ClN4O2S/c1-2-20-13(21)10-7-17-14(18-12(10)19-15(20)22)23-8-9-5-3-4-6-11(9)16/h3-7H,2,8H2,1H3,(H,17,18,19,22). The van der Waals surface area contributed by atoms with Crippen molar-refractivity contribution in [2.24, 2.45) is 0 Å². The zero-order valence-electron chi connectivity index (χ0n) is 12.2. The van der Waals surface area contributed by atoms with E-state index in [4.69, 9.17) is 11.6 Å². The molecule has 1 aromatic carbocycles. The highest BCUT2D eigenvalue weighted by atomic mass is 35.5. The van der Waals surface area contributed by atoms with E-state index in [1.54, 1.807) is 6.92 Å². The molecule has 3 aromatic rings. The van der Waals surface area contributed by atoms with Crippen LogP contribution in [0.25, 0.3) is 11.0 Å². The van der Waals surface area contributed by atoms with E-state index in [0.717, 1.165) is 10.1 Å². The van der Waals surface area contributed by atoms with Crippen molar-refractivity contribution in [3.05, 3.63) is 61.9 Å². The fraction of sp³-hybridized carbons (Fsp3) is 0.200. The lowest BCUT2D eigenvalue weighted by atomic mass is 10.2. The third-order valence-electron chi connectivity index (χ3n) is 3.34. The summed E-state index contributed by atoms with van der Waals surface area (Å²) in [7, 11) is 0. The molecule has 0 saturated heterocycles. The molecule has 3 rings (SSSR count). The average molecular weight is 349 g/mol. The van der Waals surface area contributed by atoms with Crippen LogP contribution in [-0.2, 0) is 12.3 Å². The van der Waals surface area contributed by atoms with Gasteiger partial charge in [0.15, 0.2) is 10.8 Å². The van der Waals surface area contributed by atoms with E-state index in [2.05, 4.69) is 15.0 Å². The van der Waals surface area contributed by atoms with Gasteiger partial charge in [0.1, 0.15) is 5.39 Å². The summed E-state index contributed by atoms with van der Waals surface area (Å²) in [5.41, 5.74) is 0.374. The first-order valence-electron chi connectivity index (χ1n) is 6.96. The Kier molecular flexibility index (Phi) is 4.49. The van der Waals surface area contributed by atoms with Gasteiger partial charge in [-0.25, -0.2) is 14.8 Å². The van der Waals surface area contributed by atoms with Crippen LogP contribution >= 0.6 is 23.4 Å². The van der Waals surface area contributed by atoms with E-state index in [-0.39, 0.29) is 11.2 Å². The Hall–Kier alpha value is -2.12. The number of hydrogen-bond acceptors (Lipinski definition) is 5. The Morgan fingerprint density at radius 3 is 2.83 bits per heavy atom. The zero-order chi connectivity index (χ0) is 16.4. The number of nitrogens with zero attached hydrogens (tertiary/aromatic N) is 3. The molecule has 0 amide bonds. The highest BCUT2D eigenvalue weighted by Gasteiger charge is 2.10. The van der Waals surface area contributed by atoms with Gasteiger partial charge >= 0.3 is 5.69 Å². The van der Waals surface area contributed by atoms with Crippen LogP contribution in [0.5, 0.6) is 0 Å². The molecule has 2 heterocycles. The summed E-state index contributed by atoms with van der Waals surface area (Å²) < 4.78 is 1.11. The molecule has 0 unspecified atom stereocenters. The van der Waals surface area contributed by atoms with E-state index < -0.39 is 5.69 Å². The van der Waals surface area contributed by atoms with E-state index in [9.17, 15) is 9.59 Å². The topological polar surface area (TPSA) is 80.6 Å². The van der Waals surface area contributed by atoms with Crippen molar-refractivity contribution in [3.8, 4) is 0 Å². The van der Waals surface area contributed by atoms with Gasteiger partial charge in [0.2, 0.25) is 0 Å². The lowest BCUT2D eigenvalue weighted by Crippen LogP contribution is -2.34. The maximum atomic E-state index is 12.2. The molecule has 0 bridgehead atoms. The van der Waals surface area contributed by atoms with E-state index in [0.29, 0.717) is 27.9 Å². The number of nitrogens with one attached hydrogen (secondary N) is 1. The van der Waals surface area contributed by atoms with Crippen LogP contribution in [0.4, 0.5) is 0 Å². The zero-order valence-corrected chi connectivity index (χ0v) is 13.8. The normalized spacial score (nSPS) is 11.0. The first-order valence-corrected chi connectivity index (χ1v) is 8.32. The number of thioether (sulfide) groups is 1.